The van der Waals surface area contributed by atoms with E-state index >= 15 is 4.39 Å². The van der Waals surface area contributed by atoms with Gasteiger partial charge in [0.1, 0.15) is 29.6 Å². The lowest BCUT2D eigenvalue weighted by molar-refractivity contribution is -0.118. The molecule has 3 aromatic carbocycles. The summed E-state index contributed by atoms with van der Waals surface area (Å²) in [5.74, 6) is 0.0289. The van der Waals surface area contributed by atoms with Crippen LogP contribution in [0.5, 0.6) is 5.75 Å². The van der Waals surface area contributed by atoms with Crippen LogP contribution in [0, 0.1) is 5.82 Å². The minimum absolute atomic E-state index is 0.0621. The van der Waals surface area contributed by atoms with Crippen LogP contribution in [0.1, 0.15) is 52.4 Å². The molecule has 0 radical (unpaired) electrons. The zero-order chi connectivity index (χ0) is 28.0. The minimum Gasteiger partial charge on any atom is -0.489 e. The Morgan fingerprint density at radius 3 is 2.52 bits per heavy atom. The largest absolute Gasteiger partial charge is 0.489 e. The van der Waals surface area contributed by atoms with Gasteiger partial charge >= 0.3 is 5.97 Å². The van der Waals surface area contributed by atoms with E-state index in [1.807, 2.05) is 6.07 Å². The average molecular weight is 581 g/mol. The van der Waals surface area contributed by atoms with Crippen LogP contribution in [0.25, 0.3) is 11.3 Å². The molecule has 1 aromatic heterocycles. The van der Waals surface area contributed by atoms with Crippen LogP contribution in [-0.2, 0) is 22.6 Å². The number of fused-ring (bicyclic) bond motifs is 1. The Balaban J connectivity index is 1.29. The van der Waals surface area contributed by atoms with E-state index in [1.165, 1.54) is 24.1 Å². The molecule has 6 rings (SSSR count). The topological polar surface area (TPSA) is 81.9 Å². The maximum absolute atomic E-state index is 15.0. The predicted octanol–water partition coefficient (Wildman–Crippen LogP) is 7.64. The zero-order valence-electron chi connectivity index (χ0n) is 21.4. The molecule has 0 bridgehead atoms. The fourth-order valence-corrected chi connectivity index (χ4v) is 5.54. The third-order valence-corrected chi connectivity index (χ3v) is 7.74. The fraction of sp³-hybridized carbons (Fsp3) is 0.233. The van der Waals surface area contributed by atoms with Gasteiger partial charge in [0.15, 0.2) is 0 Å². The van der Waals surface area contributed by atoms with Gasteiger partial charge < -0.3 is 14.0 Å². The van der Waals surface area contributed by atoms with Crippen molar-refractivity contribution in [2.45, 2.75) is 38.2 Å². The van der Waals surface area contributed by atoms with E-state index in [2.05, 4.69) is 9.89 Å². The van der Waals surface area contributed by atoms with Gasteiger partial charge in [0.2, 0.25) is 5.91 Å². The van der Waals surface area contributed by atoms with Gasteiger partial charge in [0, 0.05) is 17.9 Å². The highest BCUT2D eigenvalue weighted by molar-refractivity contribution is 6.39. The summed E-state index contributed by atoms with van der Waals surface area (Å²) in [5, 5.41) is 5.24. The number of anilines is 2. The van der Waals surface area contributed by atoms with Crippen LogP contribution in [0.15, 0.2) is 59.1 Å². The Labute approximate surface area is 239 Å². The van der Waals surface area contributed by atoms with Crippen molar-refractivity contribution >= 4 is 46.5 Å². The van der Waals surface area contributed by atoms with Crippen molar-refractivity contribution < 1.29 is 28.0 Å². The number of halogens is 3. The molecule has 2 heterocycles. The van der Waals surface area contributed by atoms with Crippen LogP contribution in [-0.4, -0.2) is 24.1 Å². The molecule has 40 heavy (non-hydrogen) atoms. The normalized spacial score (nSPS) is 14.7. The summed E-state index contributed by atoms with van der Waals surface area (Å²) in [5.41, 5.74) is 3.45. The van der Waals surface area contributed by atoms with Crippen molar-refractivity contribution in [1.29, 1.82) is 0 Å². The molecule has 1 saturated carbocycles. The maximum atomic E-state index is 15.0. The number of carbonyl (C=O) groups excluding carboxylic acids is 2. The lowest BCUT2D eigenvalue weighted by atomic mass is 9.99. The number of ether oxygens (including phenoxy) is 2. The monoisotopic (exact) mass is 580 g/mol. The Morgan fingerprint density at radius 2 is 1.82 bits per heavy atom. The first-order valence-corrected chi connectivity index (χ1v) is 13.5. The van der Waals surface area contributed by atoms with Crippen molar-refractivity contribution in [3.05, 3.63) is 92.9 Å². The van der Waals surface area contributed by atoms with Gasteiger partial charge in [0.05, 0.1) is 39.7 Å². The summed E-state index contributed by atoms with van der Waals surface area (Å²) in [7, 11) is 1.22. The lowest BCUT2D eigenvalue weighted by Crippen LogP contribution is -2.31. The van der Waals surface area contributed by atoms with Crippen LogP contribution in [0.2, 0.25) is 10.0 Å². The zero-order valence-corrected chi connectivity index (χ0v) is 22.9. The van der Waals surface area contributed by atoms with Crippen LogP contribution in [0.4, 0.5) is 15.8 Å². The van der Waals surface area contributed by atoms with Crippen molar-refractivity contribution in [3.8, 4) is 17.0 Å². The summed E-state index contributed by atoms with van der Waals surface area (Å²) in [6.45, 7) is 0.178. The Kier molecular flexibility index (Phi) is 6.98. The Morgan fingerprint density at radius 1 is 1.07 bits per heavy atom. The number of esters is 1. The third kappa shape index (κ3) is 4.82. The molecular formula is C30H23Cl2FN2O5. The lowest BCUT2D eigenvalue weighted by Gasteiger charge is -2.30. The minimum atomic E-state index is -0.699. The first-order valence-electron chi connectivity index (χ1n) is 12.7. The molecule has 1 fully saturated rings. The van der Waals surface area contributed by atoms with Gasteiger partial charge in [-0.05, 0) is 73.4 Å². The molecule has 0 saturated heterocycles. The molecule has 10 heteroatoms. The molecule has 1 amide bonds. The first kappa shape index (κ1) is 26.3. The van der Waals surface area contributed by atoms with Crippen LogP contribution >= 0.6 is 23.2 Å². The van der Waals surface area contributed by atoms with Gasteiger partial charge in [-0.25, -0.2) is 9.18 Å². The van der Waals surface area contributed by atoms with E-state index in [4.69, 9.17) is 32.5 Å². The molecule has 0 N–H and O–H groups in total. The van der Waals surface area contributed by atoms with Gasteiger partial charge in [-0.2, -0.15) is 0 Å². The number of nitrogens with zero attached hydrogens (tertiary/aromatic N) is 2. The number of methoxy groups -OCH3 is 1. The summed E-state index contributed by atoms with van der Waals surface area (Å²) in [6.07, 6.45) is 2.70. The Hall–Kier alpha value is -3.88. The molecule has 0 spiro atoms. The highest BCUT2D eigenvalue weighted by Gasteiger charge is 2.34. The van der Waals surface area contributed by atoms with Crippen molar-refractivity contribution in [2.24, 2.45) is 0 Å². The number of aromatic nitrogens is 1. The second-order valence-electron chi connectivity index (χ2n) is 9.71. The molecule has 0 atom stereocenters. The number of amides is 1. The highest BCUT2D eigenvalue weighted by Crippen LogP contribution is 2.46. The number of rotatable bonds is 7. The summed E-state index contributed by atoms with van der Waals surface area (Å²) in [6, 6.07) is 14.5. The van der Waals surface area contributed by atoms with Crippen molar-refractivity contribution in [3.63, 3.8) is 0 Å². The highest BCUT2D eigenvalue weighted by atomic mass is 35.5. The molecule has 204 valence electrons. The SMILES string of the molecule is COC(=O)c1ccc(N2C(=O)CCc3cc(OCc4c(-c5c(Cl)cccc5Cl)noc4C4CC4)ccc32)c(F)c1. The van der Waals surface area contributed by atoms with Gasteiger partial charge in [-0.1, -0.05) is 34.4 Å². The summed E-state index contributed by atoms with van der Waals surface area (Å²) < 4.78 is 31.6. The van der Waals surface area contributed by atoms with E-state index in [0.717, 1.165) is 35.8 Å². The van der Waals surface area contributed by atoms with E-state index in [1.54, 1.807) is 30.3 Å². The first-order chi connectivity index (χ1) is 19.4. The summed E-state index contributed by atoms with van der Waals surface area (Å²) >= 11 is 12.9. The summed E-state index contributed by atoms with van der Waals surface area (Å²) in [4.78, 5) is 26.0. The van der Waals surface area contributed by atoms with E-state index in [9.17, 15) is 9.59 Å². The molecule has 1 aliphatic heterocycles. The Bertz CT molecular complexity index is 1630. The second-order valence-corrected chi connectivity index (χ2v) is 10.5. The van der Waals surface area contributed by atoms with Crippen LogP contribution < -0.4 is 9.64 Å². The standard InChI is InChI=1S/C30H23Cl2FN2O5/c1-38-30(37)18-7-10-25(23(33)14-18)35-24-11-9-19(13-17(24)8-12-26(35)36)39-15-20-28(34-40-29(20)16-5-6-16)27-21(31)3-2-4-22(27)32/h2-4,7,9-11,13-14,16H,5-6,8,12,15H2,1H3. The van der Waals surface area contributed by atoms with Crippen molar-refractivity contribution in [2.75, 3.05) is 12.0 Å². The fourth-order valence-electron chi connectivity index (χ4n) is 4.96. The van der Waals surface area contributed by atoms with E-state index in [0.29, 0.717) is 39.2 Å². The predicted molar refractivity (Wildman–Crippen MR) is 148 cm³/mol. The smallest absolute Gasteiger partial charge is 0.337 e. The number of hydrogen-bond donors (Lipinski definition) is 0. The number of benzene rings is 3. The molecular weight excluding hydrogens is 558 g/mol. The van der Waals surface area contributed by atoms with Gasteiger partial charge in [0.25, 0.3) is 0 Å². The molecule has 7 nitrogen and oxygen atoms in total. The molecule has 1 aliphatic carbocycles. The molecule has 4 aromatic rings. The van der Waals surface area contributed by atoms with Crippen LogP contribution in [0.3, 0.4) is 0 Å². The molecule has 0 unspecified atom stereocenters. The van der Waals surface area contributed by atoms with E-state index in [-0.39, 0.29) is 36.1 Å². The van der Waals surface area contributed by atoms with Gasteiger partial charge in [-0.15, -0.1) is 0 Å². The van der Waals surface area contributed by atoms with Crippen molar-refractivity contribution in [1.82, 2.24) is 5.16 Å². The maximum Gasteiger partial charge on any atom is 0.337 e. The number of hydrogen-bond acceptors (Lipinski definition) is 6. The number of carbonyl (C=O) groups is 2. The molecule has 2 aliphatic rings. The number of aryl methyl sites for hydroxylation is 1. The third-order valence-electron chi connectivity index (χ3n) is 7.11. The van der Waals surface area contributed by atoms with E-state index < -0.39 is 11.8 Å². The quantitative estimate of drug-likeness (QED) is 0.209. The second kappa shape index (κ2) is 10.6. The van der Waals surface area contributed by atoms with Gasteiger partial charge in [-0.3, -0.25) is 9.69 Å². The average Bonchev–Trinajstić information content (AvgIpc) is 3.71.